The molecule has 1 amide bonds. The van der Waals surface area contributed by atoms with Crippen molar-refractivity contribution in [3.63, 3.8) is 0 Å². The number of carbonyl (C=O) groups excluding carboxylic acids is 2. The lowest BCUT2D eigenvalue weighted by Crippen LogP contribution is -2.33. The van der Waals surface area contributed by atoms with E-state index in [9.17, 15) is 14.4 Å². The zero-order valence-corrected chi connectivity index (χ0v) is 15.2. The number of anilines is 1. The van der Waals surface area contributed by atoms with E-state index < -0.39 is 16.8 Å². The van der Waals surface area contributed by atoms with E-state index in [0.29, 0.717) is 11.3 Å². The highest BCUT2D eigenvalue weighted by Gasteiger charge is 2.50. The summed E-state index contributed by atoms with van der Waals surface area (Å²) in [5, 5.41) is 11.7. The minimum Gasteiger partial charge on any atom is -0.478 e. The number of nitrogens with one attached hydrogen (secondary N) is 1. The molecule has 0 radical (unpaired) electrons. The molecule has 2 aromatic carbocycles. The highest BCUT2D eigenvalue weighted by molar-refractivity contribution is 6.07. The molecular weight excluding hydrogens is 342 g/mol. The third-order valence-corrected chi connectivity index (χ3v) is 5.15. The first-order chi connectivity index (χ1) is 12.0. The molecule has 142 valence electrons. The van der Waals surface area contributed by atoms with E-state index >= 15 is 0 Å². The fourth-order valence-electron chi connectivity index (χ4n) is 3.67. The lowest BCUT2D eigenvalue weighted by Gasteiger charge is -2.21. The number of hydrogen-bond donors (Lipinski definition) is 2. The fourth-order valence-corrected chi connectivity index (χ4v) is 3.67. The van der Waals surface area contributed by atoms with Crippen LogP contribution in [0.25, 0.3) is 0 Å². The van der Waals surface area contributed by atoms with E-state index in [-0.39, 0.29) is 24.7 Å². The fraction of sp³-hybridized carbons (Fsp3) is 0.318. The van der Waals surface area contributed by atoms with Crippen molar-refractivity contribution in [3.8, 4) is 0 Å². The maximum atomic E-state index is 12.7. The second-order valence-electron chi connectivity index (χ2n) is 7.68. The van der Waals surface area contributed by atoms with Crippen molar-refractivity contribution in [2.24, 2.45) is 0 Å². The van der Waals surface area contributed by atoms with E-state index in [0.717, 1.165) is 11.1 Å². The van der Waals surface area contributed by atoms with Gasteiger partial charge in [0, 0.05) is 22.1 Å². The molecule has 0 heterocycles. The minimum atomic E-state index is -1.02. The zero-order chi connectivity index (χ0) is 19.3. The van der Waals surface area contributed by atoms with E-state index in [2.05, 4.69) is 5.32 Å². The van der Waals surface area contributed by atoms with Crippen molar-refractivity contribution in [1.82, 2.24) is 0 Å². The molecule has 0 saturated heterocycles. The van der Waals surface area contributed by atoms with E-state index in [1.165, 1.54) is 12.1 Å². The number of aromatic carboxylic acids is 1. The summed E-state index contributed by atoms with van der Waals surface area (Å²) in [5.74, 6) is -1.18. The van der Waals surface area contributed by atoms with Crippen LogP contribution in [0.3, 0.4) is 0 Å². The quantitative estimate of drug-likeness (QED) is 0.842. The number of rotatable bonds is 3. The van der Waals surface area contributed by atoms with Crippen LogP contribution in [0.1, 0.15) is 67.0 Å². The minimum absolute atomic E-state index is 0. The van der Waals surface area contributed by atoms with Gasteiger partial charge in [-0.3, -0.25) is 9.59 Å². The Labute approximate surface area is 159 Å². The number of benzene rings is 2. The highest BCUT2D eigenvalue weighted by Crippen LogP contribution is 2.46. The van der Waals surface area contributed by atoms with E-state index in [1.807, 2.05) is 33.8 Å². The highest BCUT2D eigenvalue weighted by atomic mass is 16.4. The molecule has 0 fully saturated rings. The van der Waals surface area contributed by atoms with Crippen LogP contribution in [0.15, 0.2) is 42.5 Å². The Bertz CT molecular complexity index is 924. The normalized spacial score (nSPS) is 16.2. The standard InChI is InChI=1S/C21H21NO4.CH4/c1-20(2)15-10-7-13(11-16(15)21(3,4)19(20)26)17(23)22-14-8-5-12(6-9-14)18(24)25;/h5-11H,1-4H3,(H,22,23)(H,24,25);1H4. The van der Waals surface area contributed by atoms with Crippen molar-refractivity contribution in [1.29, 1.82) is 0 Å². The van der Waals surface area contributed by atoms with Gasteiger partial charge < -0.3 is 10.4 Å². The maximum absolute atomic E-state index is 12.7. The number of fused-ring (bicyclic) bond motifs is 1. The molecule has 0 aromatic heterocycles. The summed E-state index contributed by atoms with van der Waals surface area (Å²) < 4.78 is 0. The predicted molar refractivity (Wildman–Crippen MR) is 106 cm³/mol. The number of carboxylic acids is 1. The molecule has 1 aliphatic rings. The Morgan fingerprint density at radius 1 is 0.852 bits per heavy atom. The van der Waals surface area contributed by atoms with Crippen LogP contribution >= 0.6 is 0 Å². The molecule has 1 aliphatic carbocycles. The van der Waals surface area contributed by atoms with Crippen LogP contribution < -0.4 is 5.32 Å². The first-order valence-corrected chi connectivity index (χ1v) is 8.40. The average Bonchev–Trinajstić information content (AvgIpc) is 2.73. The van der Waals surface area contributed by atoms with Crippen molar-refractivity contribution < 1.29 is 19.5 Å². The van der Waals surface area contributed by atoms with Crippen LogP contribution in [0.2, 0.25) is 0 Å². The van der Waals surface area contributed by atoms with Crippen molar-refractivity contribution in [3.05, 3.63) is 64.7 Å². The maximum Gasteiger partial charge on any atom is 0.335 e. The number of ketones is 1. The molecule has 0 atom stereocenters. The van der Waals surface area contributed by atoms with Crippen LogP contribution in [-0.2, 0) is 15.6 Å². The number of amides is 1. The third-order valence-electron chi connectivity index (χ3n) is 5.15. The summed E-state index contributed by atoms with van der Waals surface area (Å²) in [6.45, 7) is 7.59. The van der Waals surface area contributed by atoms with Gasteiger partial charge in [-0.25, -0.2) is 4.79 Å². The first-order valence-electron chi connectivity index (χ1n) is 8.40. The SMILES string of the molecule is C.CC1(C)C(=O)C(C)(C)c2cc(C(=O)Nc3ccc(C(=O)O)cc3)ccc21. The number of hydrogen-bond acceptors (Lipinski definition) is 3. The summed E-state index contributed by atoms with van der Waals surface area (Å²) in [6.07, 6.45) is 0. The van der Waals surface area contributed by atoms with Gasteiger partial charge in [0.25, 0.3) is 5.91 Å². The Balaban J connectivity index is 0.00000261. The first kappa shape index (κ1) is 20.4. The monoisotopic (exact) mass is 367 g/mol. The largest absolute Gasteiger partial charge is 0.478 e. The summed E-state index contributed by atoms with van der Waals surface area (Å²) >= 11 is 0. The average molecular weight is 367 g/mol. The van der Waals surface area contributed by atoms with E-state index in [1.54, 1.807) is 24.3 Å². The van der Waals surface area contributed by atoms with Gasteiger partial charge in [-0.2, -0.15) is 0 Å². The molecule has 0 saturated carbocycles. The number of carbonyl (C=O) groups is 3. The lowest BCUT2D eigenvalue weighted by atomic mass is 9.80. The molecule has 3 rings (SSSR count). The smallest absolute Gasteiger partial charge is 0.335 e. The van der Waals surface area contributed by atoms with Crippen molar-refractivity contribution in [2.75, 3.05) is 5.32 Å². The summed E-state index contributed by atoms with van der Waals surface area (Å²) in [5.41, 5.74) is 1.75. The van der Waals surface area contributed by atoms with Crippen LogP contribution in [0.5, 0.6) is 0 Å². The van der Waals surface area contributed by atoms with Gasteiger partial charge in [0.1, 0.15) is 0 Å². The molecule has 27 heavy (non-hydrogen) atoms. The van der Waals surface area contributed by atoms with Gasteiger partial charge in [-0.1, -0.05) is 13.5 Å². The van der Waals surface area contributed by atoms with Crippen LogP contribution in [0.4, 0.5) is 5.69 Å². The molecule has 0 spiro atoms. The molecule has 5 nitrogen and oxygen atoms in total. The Morgan fingerprint density at radius 3 is 1.93 bits per heavy atom. The summed E-state index contributed by atoms with van der Waals surface area (Å²) in [6, 6.07) is 11.3. The van der Waals surface area contributed by atoms with Gasteiger partial charge in [-0.05, 0) is 75.2 Å². The van der Waals surface area contributed by atoms with Gasteiger partial charge in [-0.15, -0.1) is 0 Å². The Morgan fingerprint density at radius 2 is 1.37 bits per heavy atom. The number of carboxylic acid groups (broad SMARTS) is 1. The zero-order valence-electron chi connectivity index (χ0n) is 15.2. The molecule has 2 N–H and O–H groups in total. The molecular formula is C22H25NO4. The summed E-state index contributed by atoms with van der Waals surface area (Å²) in [7, 11) is 0. The second kappa shape index (κ2) is 6.65. The van der Waals surface area contributed by atoms with Crippen molar-refractivity contribution in [2.45, 2.75) is 46.0 Å². The molecule has 2 aromatic rings. The third kappa shape index (κ3) is 3.25. The Kier molecular flexibility index (Phi) is 5.02. The van der Waals surface area contributed by atoms with Gasteiger partial charge in [0.2, 0.25) is 0 Å². The van der Waals surface area contributed by atoms with Crippen molar-refractivity contribution >= 4 is 23.3 Å². The Hall–Kier alpha value is -2.95. The summed E-state index contributed by atoms with van der Waals surface area (Å²) in [4.78, 5) is 36.2. The molecule has 0 unspecified atom stereocenters. The lowest BCUT2D eigenvalue weighted by molar-refractivity contribution is -0.126. The van der Waals surface area contributed by atoms with Gasteiger partial charge in [0.15, 0.2) is 5.78 Å². The topological polar surface area (TPSA) is 83.5 Å². The molecule has 5 heteroatoms. The predicted octanol–water partition coefficient (Wildman–Crippen LogP) is 4.41. The molecule has 0 aliphatic heterocycles. The van der Waals surface area contributed by atoms with Crippen LogP contribution in [-0.4, -0.2) is 22.8 Å². The van der Waals surface area contributed by atoms with E-state index in [4.69, 9.17) is 5.11 Å². The van der Waals surface area contributed by atoms with Crippen LogP contribution in [0, 0.1) is 0 Å². The second-order valence-corrected chi connectivity index (χ2v) is 7.68. The van der Waals surface area contributed by atoms with Gasteiger partial charge in [0.05, 0.1) is 5.56 Å². The molecule has 0 bridgehead atoms. The van der Waals surface area contributed by atoms with Gasteiger partial charge >= 0.3 is 5.97 Å². The number of Topliss-reactive ketones (excluding diaryl/α,β-unsaturated/α-hetero) is 1.